The molecule has 1 atom stereocenters. The van der Waals surface area contributed by atoms with Crippen LogP contribution in [0.4, 0.5) is 0 Å². The van der Waals surface area contributed by atoms with E-state index >= 15 is 0 Å². The molecule has 0 aromatic carbocycles. The van der Waals surface area contributed by atoms with Crippen LogP contribution >= 0.6 is 0 Å². The topological polar surface area (TPSA) is 70.4 Å². The van der Waals surface area contributed by atoms with Crippen molar-refractivity contribution in [3.8, 4) is 0 Å². The Balaban J connectivity index is 2.30. The molecule has 0 radical (unpaired) electrons. The molecule has 1 aromatic rings. The summed E-state index contributed by atoms with van der Waals surface area (Å²) < 4.78 is 1.84. The van der Waals surface area contributed by atoms with Crippen LogP contribution < -0.4 is 5.32 Å². The molecule has 1 aliphatic rings. The van der Waals surface area contributed by atoms with Gasteiger partial charge in [-0.15, -0.1) is 0 Å². The second-order valence-electron chi connectivity index (χ2n) is 8.62. The van der Waals surface area contributed by atoms with Crippen LogP contribution in [-0.4, -0.2) is 57.5 Å². The van der Waals surface area contributed by atoms with Crippen molar-refractivity contribution in [3.05, 3.63) is 17.5 Å². The number of nitrogens with zero attached hydrogens (tertiary/aromatic N) is 3. The number of hydrogen-bond acceptors (Lipinski definition) is 4. The van der Waals surface area contributed by atoms with E-state index in [0.29, 0.717) is 11.7 Å². The van der Waals surface area contributed by atoms with Crippen molar-refractivity contribution in [1.29, 1.82) is 0 Å². The van der Waals surface area contributed by atoms with Crippen LogP contribution in [0.25, 0.3) is 0 Å². The molecule has 136 valence electrons. The summed E-state index contributed by atoms with van der Waals surface area (Å²) in [4.78, 5) is 15.1. The first-order valence-corrected chi connectivity index (χ1v) is 8.75. The lowest BCUT2D eigenvalue weighted by atomic mass is 9.92. The molecule has 0 spiro atoms. The summed E-state index contributed by atoms with van der Waals surface area (Å²) in [6.07, 6.45) is 2.32. The molecule has 1 aromatic heterocycles. The Morgan fingerprint density at radius 2 is 2.04 bits per heavy atom. The van der Waals surface area contributed by atoms with Gasteiger partial charge in [0.25, 0.3) is 5.91 Å². The van der Waals surface area contributed by atoms with Gasteiger partial charge in [0.15, 0.2) is 0 Å². The summed E-state index contributed by atoms with van der Waals surface area (Å²) in [6.45, 7) is 11.6. The maximum atomic E-state index is 12.7. The molecule has 2 rings (SSSR count). The Morgan fingerprint density at radius 3 is 2.54 bits per heavy atom. The zero-order valence-electron chi connectivity index (χ0n) is 15.9. The first kappa shape index (κ1) is 18.9. The molecule has 2 heterocycles. The summed E-state index contributed by atoms with van der Waals surface area (Å²) in [5, 5.41) is 17.0. The molecule has 0 saturated carbocycles. The van der Waals surface area contributed by atoms with Crippen molar-refractivity contribution in [3.63, 3.8) is 0 Å². The van der Waals surface area contributed by atoms with Crippen molar-refractivity contribution in [2.75, 3.05) is 20.2 Å². The number of rotatable bonds is 5. The zero-order valence-corrected chi connectivity index (χ0v) is 15.9. The van der Waals surface area contributed by atoms with Gasteiger partial charge in [0.05, 0.1) is 24.4 Å². The van der Waals surface area contributed by atoms with Gasteiger partial charge in [-0.2, -0.15) is 5.10 Å². The highest BCUT2D eigenvalue weighted by molar-refractivity contribution is 5.93. The second kappa shape index (κ2) is 6.84. The van der Waals surface area contributed by atoms with Gasteiger partial charge >= 0.3 is 0 Å². The van der Waals surface area contributed by atoms with Crippen LogP contribution in [0.1, 0.15) is 63.6 Å². The Hall–Kier alpha value is -1.40. The number of likely N-dealkylation sites (tertiary alicyclic amines) is 1. The number of aromatic nitrogens is 2. The third-order valence-electron chi connectivity index (χ3n) is 4.68. The third-order valence-corrected chi connectivity index (χ3v) is 4.68. The smallest absolute Gasteiger partial charge is 0.270 e. The average molecular weight is 336 g/mol. The second-order valence-corrected chi connectivity index (χ2v) is 8.62. The quantitative estimate of drug-likeness (QED) is 0.860. The molecule has 6 heteroatoms. The maximum Gasteiger partial charge on any atom is 0.270 e. The van der Waals surface area contributed by atoms with Crippen molar-refractivity contribution in [1.82, 2.24) is 20.0 Å². The van der Waals surface area contributed by atoms with Gasteiger partial charge in [-0.25, -0.2) is 0 Å². The van der Waals surface area contributed by atoms with Crippen LogP contribution in [0.5, 0.6) is 0 Å². The number of aliphatic hydroxyl groups excluding tert-OH is 1. The monoisotopic (exact) mass is 336 g/mol. The van der Waals surface area contributed by atoms with E-state index < -0.39 is 5.54 Å². The highest BCUT2D eigenvalue weighted by Crippen LogP contribution is 2.24. The fourth-order valence-electron chi connectivity index (χ4n) is 2.93. The molecular weight excluding hydrogens is 304 g/mol. The lowest BCUT2D eigenvalue weighted by molar-refractivity contribution is 0.0856. The van der Waals surface area contributed by atoms with Gasteiger partial charge in [-0.05, 0) is 46.3 Å². The number of amides is 1. The van der Waals surface area contributed by atoms with E-state index in [-0.39, 0.29) is 17.9 Å². The number of nitrogens with one attached hydrogen (secondary N) is 1. The van der Waals surface area contributed by atoms with Gasteiger partial charge in [-0.3, -0.25) is 9.48 Å². The van der Waals surface area contributed by atoms with Gasteiger partial charge in [0.1, 0.15) is 5.69 Å². The molecule has 2 N–H and O–H groups in total. The fourth-order valence-corrected chi connectivity index (χ4v) is 2.93. The van der Waals surface area contributed by atoms with Crippen molar-refractivity contribution in [2.24, 2.45) is 0 Å². The maximum absolute atomic E-state index is 12.7. The van der Waals surface area contributed by atoms with Crippen LogP contribution in [0.3, 0.4) is 0 Å². The first-order valence-electron chi connectivity index (χ1n) is 8.75. The molecule has 1 unspecified atom stereocenters. The lowest BCUT2D eigenvalue weighted by Gasteiger charge is -2.24. The molecule has 6 nitrogen and oxygen atoms in total. The largest absolute Gasteiger partial charge is 0.394 e. The van der Waals surface area contributed by atoms with Crippen molar-refractivity contribution < 1.29 is 9.90 Å². The van der Waals surface area contributed by atoms with Crippen LogP contribution in [0.15, 0.2) is 6.07 Å². The first-order chi connectivity index (χ1) is 11.0. The summed E-state index contributed by atoms with van der Waals surface area (Å²) in [6, 6.07) is 2.30. The van der Waals surface area contributed by atoms with E-state index in [4.69, 9.17) is 5.10 Å². The van der Waals surface area contributed by atoms with Crippen molar-refractivity contribution in [2.45, 2.75) is 71.0 Å². The standard InChI is InChI=1S/C18H32N4O2/c1-17(2,3)15-10-14(16(24)19-18(4,5)12-23)22(20-15)11-13-8-7-9-21(13)6/h10,13,23H,7-9,11-12H2,1-6H3,(H,19,24). The Bertz CT molecular complexity index is 586. The highest BCUT2D eigenvalue weighted by atomic mass is 16.3. The van der Waals surface area contributed by atoms with Gasteiger partial charge in [0.2, 0.25) is 0 Å². The lowest BCUT2D eigenvalue weighted by Crippen LogP contribution is -2.47. The van der Waals surface area contributed by atoms with E-state index in [2.05, 4.69) is 38.0 Å². The summed E-state index contributed by atoms with van der Waals surface area (Å²) in [5.41, 5.74) is 0.712. The number of aliphatic hydroxyl groups is 1. The molecule has 0 aliphatic carbocycles. The van der Waals surface area contributed by atoms with Crippen LogP contribution in [0.2, 0.25) is 0 Å². The Labute approximate surface area is 145 Å². The zero-order chi connectivity index (χ0) is 18.1. The SMILES string of the molecule is CN1CCCC1Cn1nc(C(C)(C)C)cc1C(=O)NC(C)(C)CO. The van der Waals surface area contributed by atoms with E-state index in [1.165, 1.54) is 6.42 Å². The summed E-state index contributed by atoms with van der Waals surface area (Å²) in [5.74, 6) is -0.183. The average Bonchev–Trinajstić information content (AvgIpc) is 3.06. The minimum atomic E-state index is -0.655. The molecule has 1 amide bonds. The number of likely N-dealkylation sites (N-methyl/N-ethyl adjacent to an activating group) is 1. The van der Waals surface area contributed by atoms with Gasteiger partial charge in [0, 0.05) is 11.5 Å². The molecule has 1 fully saturated rings. The summed E-state index contributed by atoms with van der Waals surface area (Å²) >= 11 is 0. The Kier molecular flexibility index (Phi) is 5.40. The highest BCUT2D eigenvalue weighted by Gasteiger charge is 2.29. The minimum Gasteiger partial charge on any atom is -0.394 e. The van der Waals surface area contributed by atoms with E-state index in [0.717, 1.165) is 25.2 Å². The number of carbonyl (C=O) groups is 1. The van der Waals surface area contributed by atoms with E-state index in [1.54, 1.807) is 13.8 Å². The van der Waals surface area contributed by atoms with E-state index in [1.807, 2.05) is 10.7 Å². The minimum absolute atomic E-state index is 0.107. The third kappa shape index (κ3) is 4.36. The molecule has 24 heavy (non-hydrogen) atoms. The van der Waals surface area contributed by atoms with Crippen LogP contribution in [-0.2, 0) is 12.0 Å². The molecule has 1 saturated heterocycles. The number of hydrogen-bond donors (Lipinski definition) is 2. The molecule has 0 bridgehead atoms. The Morgan fingerprint density at radius 1 is 1.38 bits per heavy atom. The van der Waals surface area contributed by atoms with E-state index in [9.17, 15) is 9.90 Å². The molecular formula is C18H32N4O2. The predicted molar refractivity (Wildman–Crippen MR) is 95.2 cm³/mol. The van der Waals surface area contributed by atoms with Crippen molar-refractivity contribution >= 4 is 5.91 Å². The number of carbonyl (C=O) groups excluding carboxylic acids is 1. The predicted octanol–water partition coefficient (Wildman–Crippen LogP) is 1.78. The normalized spacial score (nSPS) is 19.7. The van der Waals surface area contributed by atoms with Gasteiger partial charge in [-0.1, -0.05) is 20.8 Å². The molecule has 1 aliphatic heterocycles. The van der Waals surface area contributed by atoms with Crippen LogP contribution in [0, 0.1) is 0 Å². The fraction of sp³-hybridized carbons (Fsp3) is 0.778. The van der Waals surface area contributed by atoms with Gasteiger partial charge < -0.3 is 15.3 Å². The summed E-state index contributed by atoms with van der Waals surface area (Å²) in [7, 11) is 2.13.